The average molecular weight is 635 g/mol. The molecule has 7 rings (SSSR count). The number of phenolic OH excluding ortho intramolecular Hbond substituents is 1. The molecule has 3 aromatic rings. The molecule has 0 radical (unpaired) electrons. The number of hydrogen-bond donors (Lipinski definition) is 2. The van der Waals surface area contributed by atoms with Crippen LogP contribution in [0.25, 0.3) is 6.08 Å². The topological polar surface area (TPSA) is 82.5 Å². The van der Waals surface area contributed by atoms with E-state index in [4.69, 9.17) is 4.74 Å². The molecule has 2 fully saturated rings. The van der Waals surface area contributed by atoms with E-state index in [0.717, 1.165) is 30.6 Å². The van der Waals surface area contributed by atoms with Gasteiger partial charge in [-0.2, -0.15) is 0 Å². The summed E-state index contributed by atoms with van der Waals surface area (Å²) in [7, 11) is 1.69. The fourth-order valence-corrected chi connectivity index (χ4v) is 8.85. The van der Waals surface area contributed by atoms with Crippen LogP contribution in [0.2, 0.25) is 0 Å². The van der Waals surface area contributed by atoms with Crippen LogP contribution in [0.3, 0.4) is 0 Å². The van der Waals surface area contributed by atoms with Crippen molar-refractivity contribution >= 4 is 12.0 Å². The molecular formula is C36H37F3N2O5. The summed E-state index contributed by atoms with van der Waals surface area (Å²) >= 11 is 0. The zero-order valence-corrected chi connectivity index (χ0v) is 25.7. The summed E-state index contributed by atoms with van der Waals surface area (Å²) in [4.78, 5) is 17.6. The second-order valence-electron chi connectivity index (χ2n) is 13.1. The lowest BCUT2D eigenvalue weighted by atomic mass is 9.45. The van der Waals surface area contributed by atoms with E-state index in [2.05, 4.69) is 21.8 Å². The summed E-state index contributed by atoms with van der Waals surface area (Å²) < 4.78 is 48.8. The van der Waals surface area contributed by atoms with E-state index in [9.17, 15) is 28.2 Å². The van der Waals surface area contributed by atoms with Crippen molar-refractivity contribution in [2.75, 3.05) is 20.1 Å². The van der Waals surface area contributed by atoms with Crippen LogP contribution in [0.1, 0.15) is 42.0 Å². The highest BCUT2D eigenvalue weighted by atomic mass is 19.4. The SMILES string of the molecule is C[C@H]1C[C@H](N(C)C(=O)C=Cc2cccc(OC(F)(F)F)c2)[C@H]2Oc3c(O)ccc4c3[C@@]23CCN(CCc2ccccc2)[C@H](C4)[C@]13O. The fourth-order valence-electron chi connectivity index (χ4n) is 8.85. The van der Waals surface area contributed by atoms with Gasteiger partial charge < -0.3 is 24.6 Å². The number of alkyl halides is 3. The number of amides is 1. The minimum Gasteiger partial charge on any atom is -0.504 e. The quantitative estimate of drug-likeness (QED) is 0.336. The van der Waals surface area contributed by atoms with Crippen molar-refractivity contribution in [2.24, 2.45) is 5.92 Å². The van der Waals surface area contributed by atoms with Crippen molar-refractivity contribution in [1.82, 2.24) is 9.80 Å². The van der Waals surface area contributed by atoms with E-state index in [0.29, 0.717) is 30.6 Å². The zero-order valence-electron chi connectivity index (χ0n) is 25.7. The lowest BCUT2D eigenvalue weighted by Gasteiger charge is -2.66. The molecule has 2 aliphatic carbocycles. The Hall–Kier alpha value is -4.02. The van der Waals surface area contributed by atoms with Gasteiger partial charge in [0, 0.05) is 31.3 Å². The molecule has 3 aromatic carbocycles. The highest BCUT2D eigenvalue weighted by Crippen LogP contribution is 2.67. The zero-order chi connectivity index (χ0) is 32.4. The lowest BCUT2D eigenvalue weighted by Crippen LogP contribution is -2.80. The van der Waals surface area contributed by atoms with Crippen LogP contribution in [-0.2, 0) is 23.1 Å². The van der Waals surface area contributed by atoms with Crippen molar-refractivity contribution in [3.63, 3.8) is 0 Å². The maximum absolute atomic E-state index is 13.6. The maximum atomic E-state index is 13.6. The van der Waals surface area contributed by atoms with Crippen LogP contribution >= 0.6 is 0 Å². The fraction of sp³-hybridized carbons (Fsp3) is 0.417. The molecule has 2 heterocycles. The van der Waals surface area contributed by atoms with Gasteiger partial charge in [0.05, 0.1) is 17.1 Å². The first-order valence-corrected chi connectivity index (χ1v) is 15.8. The Balaban J connectivity index is 1.19. The molecule has 7 nitrogen and oxygen atoms in total. The van der Waals surface area contributed by atoms with Crippen LogP contribution in [0.4, 0.5) is 13.2 Å². The number of halogens is 3. The summed E-state index contributed by atoms with van der Waals surface area (Å²) in [5.41, 5.74) is 1.56. The number of aromatic hydroxyl groups is 1. The third-order valence-electron chi connectivity index (χ3n) is 10.9. The minimum absolute atomic E-state index is 0.0241. The first kappa shape index (κ1) is 30.6. The number of carbonyl (C=O) groups is 1. The molecule has 1 amide bonds. The monoisotopic (exact) mass is 634 g/mol. The molecule has 46 heavy (non-hydrogen) atoms. The van der Waals surface area contributed by atoms with E-state index in [1.807, 2.05) is 31.2 Å². The molecule has 1 saturated heterocycles. The van der Waals surface area contributed by atoms with E-state index in [-0.39, 0.29) is 29.4 Å². The summed E-state index contributed by atoms with van der Waals surface area (Å²) in [5.74, 6) is -0.508. The predicted octanol–water partition coefficient (Wildman–Crippen LogP) is 5.47. The number of benzene rings is 3. The number of ether oxygens (including phenoxy) is 2. The first-order valence-electron chi connectivity index (χ1n) is 15.8. The van der Waals surface area contributed by atoms with Crippen molar-refractivity contribution in [2.45, 2.75) is 68.2 Å². The third-order valence-corrected chi connectivity index (χ3v) is 10.9. The molecule has 0 aromatic heterocycles. The summed E-state index contributed by atoms with van der Waals surface area (Å²) in [6.07, 6.45) is -0.0547. The minimum atomic E-state index is -4.82. The van der Waals surface area contributed by atoms with Gasteiger partial charge in [-0.1, -0.05) is 55.5 Å². The number of nitrogens with zero attached hydrogens (tertiary/aromatic N) is 2. The predicted molar refractivity (Wildman–Crippen MR) is 165 cm³/mol. The number of likely N-dealkylation sites (N-methyl/N-ethyl adjacent to an activating group) is 1. The number of rotatable bonds is 7. The molecule has 1 spiro atoms. The molecule has 1 saturated carbocycles. The van der Waals surface area contributed by atoms with Crippen LogP contribution in [0.5, 0.6) is 17.2 Å². The van der Waals surface area contributed by atoms with Crippen molar-refractivity contribution in [3.05, 3.63) is 95.1 Å². The van der Waals surface area contributed by atoms with E-state index < -0.39 is 29.5 Å². The number of hydrogen-bond acceptors (Lipinski definition) is 6. The van der Waals surface area contributed by atoms with Gasteiger partial charge in [0.15, 0.2) is 11.5 Å². The van der Waals surface area contributed by atoms with Gasteiger partial charge in [-0.25, -0.2) is 0 Å². The molecule has 6 atom stereocenters. The molecule has 0 unspecified atom stereocenters. The van der Waals surface area contributed by atoms with E-state index >= 15 is 0 Å². The Morgan fingerprint density at radius 2 is 1.93 bits per heavy atom. The maximum Gasteiger partial charge on any atom is 0.573 e. The normalized spacial score (nSPS) is 29.7. The second-order valence-corrected chi connectivity index (χ2v) is 13.1. The number of aliphatic hydroxyl groups is 1. The molecular weight excluding hydrogens is 597 g/mol. The third kappa shape index (κ3) is 4.76. The highest BCUT2D eigenvalue weighted by Gasteiger charge is 2.75. The summed E-state index contributed by atoms with van der Waals surface area (Å²) in [6, 6.07) is 18.8. The number of carbonyl (C=O) groups excluding carboxylic acids is 1. The van der Waals surface area contributed by atoms with Crippen LogP contribution in [0, 0.1) is 5.92 Å². The van der Waals surface area contributed by atoms with Crippen LogP contribution < -0.4 is 9.47 Å². The van der Waals surface area contributed by atoms with Gasteiger partial charge in [-0.3, -0.25) is 9.69 Å². The van der Waals surface area contributed by atoms with Crippen LogP contribution in [0.15, 0.2) is 72.8 Å². The highest BCUT2D eigenvalue weighted by molar-refractivity contribution is 5.92. The Morgan fingerprint density at radius 3 is 2.70 bits per heavy atom. The molecule has 2 bridgehead atoms. The smallest absolute Gasteiger partial charge is 0.504 e. The van der Waals surface area contributed by atoms with Crippen molar-refractivity contribution in [3.8, 4) is 17.2 Å². The molecule has 2 N–H and O–H groups in total. The van der Waals surface area contributed by atoms with Gasteiger partial charge in [0.2, 0.25) is 5.91 Å². The Bertz CT molecular complexity index is 1680. The Labute approximate surface area is 265 Å². The first-order chi connectivity index (χ1) is 21.9. The lowest BCUT2D eigenvalue weighted by molar-refractivity contribution is -0.274. The van der Waals surface area contributed by atoms with Crippen molar-refractivity contribution in [1.29, 1.82) is 0 Å². The molecule has 2 aliphatic heterocycles. The average Bonchev–Trinajstić information content (AvgIpc) is 3.37. The van der Waals surface area contributed by atoms with Gasteiger partial charge in [-0.05, 0) is 79.1 Å². The van der Waals surface area contributed by atoms with Gasteiger partial charge in [-0.15, -0.1) is 13.2 Å². The van der Waals surface area contributed by atoms with Crippen LogP contribution in [-0.4, -0.2) is 76.2 Å². The number of likely N-dealkylation sites (tertiary alicyclic amines) is 1. The van der Waals surface area contributed by atoms with Gasteiger partial charge in [0.25, 0.3) is 0 Å². The van der Waals surface area contributed by atoms with E-state index in [1.165, 1.54) is 35.9 Å². The molecule has 242 valence electrons. The number of phenols is 1. The summed E-state index contributed by atoms with van der Waals surface area (Å²) in [5, 5.41) is 24.0. The van der Waals surface area contributed by atoms with E-state index in [1.54, 1.807) is 24.1 Å². The molecule has 4 aliphatic rings. The summed E-state index contributed by atoms with van der Waals surface area (Å²) in [6.45, 7) is 3.58. The number of piperidine rings is 1. The van der Waals surface area contributed by atoms with Crippen molar-refractivity contribution < 1.29 is 37.7 Å². The standard InChI is InChI=1S/C36H37F3N2O5/c1-22-19-27(40(2)30(43)14-11-24-9-6-10-26(20-24)46-36(37,38)39)33-34-16-18-41(17-15-23-7-4-3-5-8-23)29(35(22,34)44)21-25-12-13-28(42)32(45-33)31(25)34/h3-14,20,22,27,29,33,42,44H,15-19,21H2,1-2H3/t22-,27-,29+,33+,34-,35+/m0/s1. The van der Waals surface area contributed by atoms with Gasteiger partial charge >= 0.3 is 6.36 Å². The Morgan fingerprint density at radius 1 is 1.15 bits per heavy atom. The second kappa shape index (κ2) is 11.1. The van der Waals surface area contributed by atoms with Gasteiger partial charge in [0.1, 0.15) is 11.9 Å². The Kier molecular flexibility index (Phi) is 7.36. The molecule has 10 heteroatoms. The largest absolute Gasteiger partial charge is 0.573 e.